The first kappa shape index (κ1) is 15.6. The lowest BCUT2D eigenvalue weighted by atomic mass is 9.91. The normalized spacial score (nSPS) is 11.9. The number of benzene rings is 1. The van der Waals surface area contributed by atoms with E-state index in [0.29, 0.717) is 11.5 Å². The Morgan fingerprint density at radius 1 is 0.947 bits per heavy atom. The van der Waals surface area contributed by atoms with E-state index in [0.717, 1.165) is 40.7 Å². The zero-order chi connectivity index (χ0) is 14.6. The molecule has 0 saturated heterocycles. The molecule has 0 bridgehead atoms. The van der Waals surface area contributed by atoms with E-state index in [-0.39, 0.29) is 0 Å². The second-order valence-electron chi connectivity index (χ2n) is 5.31. The summed E-state index contributed by atoms with van der Waals surface area (Å²) in [5, 5.41) is 20.4. The monoisotopic (exact) mass is 262 g/mol. The van der Waals surface area contributed by atoms with Gasteiger partial charge >= 0.3 is 0 Å². The van der Waals surface area contributed by atoms with Crippen LogP contribution in [0.1, 0.15) is 60.4 Å². The van der Waals surface area contributed by atoms with Gasteiger partial charge in [0, 0.05) is 11.1 Å². The number of phenols is 1. The Balaban J connectivity index is 3.13. The smallest absolute Gasteiger partial charge is 0.122 e. The molecule has 0 aliphatic carbocycles. The number of phenolic OH excluding ortho intramolecular Hbond substituents is 1. The molecule has 0 aliphatic rings. The number of rotatable bonds is 5. The van der Waals surface area contributed by atoms with Crippen LogP contribution in [0.25, 0.3) is 5.76 Å². The van der Waals surface area contributed by atoms with Crippen molar-refractivity contribution < 1.29 is 10.2 Å². The molecule has 2 nitrogen and oxygen atoms in total. The third-order valence-electron chi connectivity index (χ3n) is 3.99. The fraction of sp³-hybridized carbons (Fsp3) is 0.529. The van der Waals surface area contributed by atoms with Crippen molar-refractivity contribution >= 4 is 5.76 Å². The molecule has 0 amide bonds. The van der Waals surface area contributed by atoms with Gasteiger partial charge in [0.15, 0.2) is 0 Å². The molecule has 2 N–H and O–H groups in total. The summed E-state index contributed by atoms with van der Waals surface area (Å²) in [6.07, 6.45) is 6.21. The third-order valence-corrected chi connectivity index (χ3v) is 3.99. The van der Waals surface area contributed by atoms with Crippen LogP contribution in [0, 0.1) is 27.7 Å². The summed E-state index contributed by atoms with van der Waals surface area (Å²) in [5.41, 5.74) is 4.56. The molecule has 106 valence electrons. The van der Waals surface area contributed by atoms with E-state index in [1.54, 1.807) is 0 Å². The predicted octanol–water partition coefficient (Wildman–Crippen LogP) is 5.11. The minimum absolute atomic E-state index is 0.296. The van der Waals surface area contributed by atoms with Crippen molar-refractivity contribution in [2.45, 2.75) is 60.3 Å². The zero-order valence-corrected chi connectivity index (χ0v) is 12.8. The molecule has 19 heavy (non-hydrogen) atoms. The fourth-order valence-corrected chi connectivity index (χ4v) is 2.45. The predicted molar refractivity (Wildman–Crippen MR) is 81.8 cm³/mol. The molecule has 1 aromatic carbocycles. The first-order valence-electron chi connectivity index (χ1n) is 7.10. The van der Waals surface area contributed by atoms with E-state index in [1.807, 2.05) is 33.8 Å². The van der Waals surface area contributed by atoms with Gasteiger partial charge in [-0.2, -0.15) is 0 Å². The van der Waals surface area contributed by atoms with Crippen LogP contribution in [-0.4, -0.2) is 10.2 Å². The first-order valence-corrected chi connectivity index (χ1v) is 7.10. The van der Waals surface area contributed by atoms with E-state index < -0.39 is 0 Å². The highest BCUT2D eigenvalue weighted by atomic mass is 16.3. The molecular formula is C17H26O2. The van der Waals surface area contributed by atoms with Gasteiger partial charge in [0.1, 0.15) is 11.5 Å². The Morgan fingerprint density at radius 3 is 2.16 bits per heavy atom. The van der Waals surface area contributed by atoms with Crippen LogP contribution in [0.3, 0.4) is 0 Å². The Morgan fingerprint density at radius 2 is 1.58 bits per heavy atom. The van der Waals surface area contributed by atoms with Crippen LogP contribution >= 0.6 is 0 Å². The van der Waals surface area contributed by atoms with Crippen LogP contribution in [0.15, 0.2) is 6.08 Å². The highest BCUT2D eigenvalue weighted by molar-refractivity contribution is 5.70. The summed E-state index contributed by atoms with van der Waals surface area (Å²) in [6.45, 7) is 9.92. The number of aromatic hydroxyl groups is 1. The Kier molecular flexibility index (Phi) is 5.46. The number of hydrogen-bond acceptors (Lipinski definition) is 2. The van der Waals surface area contributed by atoms with Gasteiger partial charge in [0.2, 0.25) is 0 Å². The van der Waals surface area contributed by atoms with E-state index >= 15 is 0 Å². The van der Waals surface area contributed by atoms with Gasteiger partial charge in [-0.25, -0.2) is 0 Å². The maximum Gasteiger partial charge on any atom is 0.122 e. The van der Waals surface area contributed by atoms with Crippen molar-refractivity contribution in [2.75, 3.05) is 0 Å². The molecule has 0 radical (unpaired) electrons. The van der Waals surface area contributed by atoms with Gasteiger partial charge < -0.3 is 10.2 Å². The third kappa shape index (κ3) is 3.31. The molecule has 0 spiro atoms. The van der Waals surface area contributed by atoms with Crippen LogP contribution in [0.5, 0.6) is 5.75 Å². The molecule has 0 fully saturated rings. The lowest BCUT2D eigenvalue weighted by Crippen LogP contribution is -1.99. The summed E-state index contributed by atoms with van der Waals surface area (Å²) in [5.74, 6) is 0.594. The highest BCUT2D eigenvalue weighted by Gasteiger charge is 2.16. The average molecular weight is 262 g/mol. The van der Waals surface area contributed by atoms with Gasteiger partial charge in [-0.15, -0.1) is 0 Å². The van der Waals surface area contributed by atoms with Crippen LogP contribution in [0.2, 0.25) is 0 Å². The molecule has 0 aromatic heterocycles. The van der Waals surface area contributed by atoms with Gasteiger partial charge in [0.25, 0.3) is 0 Å². The van der Waals surface area contributed by atoms with Crippen LogP contribution < -0.4 is 0 Å². The summed E-state index contributed by atoms with van der Waals surface area (Å²) in [6, 6.07) is 0. The maximum absolute atomic E-state index is 10.3. The number of allylic oxidation sites excluding steroid dienone is 1. The standard InChI is InChI=1S/C17H26O2/c1-6-7-8-9-10-15(18)16-12(3)11(2)13(4)17(19)14(16)5/h10,18-19H,6-9H2,1-5H3. The second kappa shape index (κ2) is 6.65. The van der Waals surface area contributed by atoms with Crippen LogP contribution in [-0.2, 0) is 0 Å². The maximum atomic E-state index is 10.3. The Bertz CT molecular complexity index is 456. The van der Waals surface area contributed by atoms with Crippen molar-refractivity contribution in [3.8, 4) is 5.75 Å². The van der Waals surface area contributed by atoms with Crippen molar-refractivity contribution in [3.05, 3.63) is 33.9 Å². The van der Waals surface area contributed by atoms with Gasteiger partial charge in [-0.3, -0.25) is 0 Å². The molecule has 0 atom stereocenters. The number of unbranched alkanes of at least 4 members (excludes halogenated alkanes) is 3. The van der Waals surface area contributed by atoms with Crippen LogP contribution in [0.4, 0.5) is 0 Å². The zero-order valence-electron chi connectivity index (χ0n) is 12.8. The van der Waals surface area contributed by atoms with Gasteiger partial charge in [0.05, 0.1) is 0 Å². The lowest BCUT2D eigenvalue weighted by Gasteiger charge is -2.17. The molecule has 1 aromatic rings. The fourth-order valence-electron chi connectivity index (χ4n) is 2.45. The summed E-state index contributed by atoms with van der Waals surface area (Å²) < 4.78 is 0. The number of aliphatic hydroxyl groups excluding tert-OH is 1. The van der Waals surface area contributed by atoms with E-state index in [4.69, 9.17) is 0 Å². The lowest BCUT2D eigenvalue weighted by molar-refractivity contribution is 0.462. The minimum Gasteiger partial charge on any atom is -0.508 e. The van der Waals surface area contributed by atoms with Crippen molar-refractivity contribution in [2.24, 2.45) is 0 Å². The molecule has 0 aliphatic heterocycles. The average Bonchev–Trinajstić information content (AvgIpc) is 2.39. The Hall–Kier alpha value is -1.44. The minimum atomic E-state index is 0.296. The molecular weight excluding hydrogens is 236 g/mol. The second-order valence-corrected chi connectivity index (χ2v) is 5.31. The SMILES string of the molecule is CCCCCC=C(O)c1c(C)c(C)c(C)c(O)c1C. The molecule has 1 rings (SSSR count). The van der Waals surface area contributed by atoms with E-state index in [9.17, 15) is 10.2 Å². The topological polar surface area (TPSA) is 40.5 Å². The van der Waals surface area contributed by atoms with Gasteiger partial charge in [-0.05, 0) is 63.3 Å². The summed E-state index contributed by atoms with van der Waals surface area (Å²) in [7, 11) is 0. The van der Waals surface area contributed by atoms with Crippen molar-refractivity contribution in [3.63, 3.8) is 0 Å². The molecule has 0 saturated carbocycles. The summed E-state index contributed by atoms with van der Waals surface area (Å²) in [4.78, 5) is 0. The first-order chi connectivity index (χ1) is 8.91. The van der Waals surface area contributed by atoms with Gasteiger partial charge in [-0.1, -0.05) is 19.8 Å². The van der Waals surface area contributed by atoms with Crippen molar-refractivity contribution in [1.29, 1.82) is 0 Å². The van der Waals surface area contributed by atoms with Crippen molar-refractivity contribution in [1.82, 2.24) is 0 Å². The number of hydrogen-bond donors (Lipinski definition) is 2. The highest BCUT2D eigenvalue weighted by Crippen LogP contribution is 2.34. The number of aliphatic hydroxyl groups is 1. The molecule has 0 heterocycles. The summed E-state index contributed by atoms with van der Waals surface area (Å²) >= 11 is 0. The van der Waals surface area contributed by atoms with E-state index in [2.05, 4.69) is 6.92 Å². The quantitative estimate of drug-likeness (QED) is 0.572. The largest absolute Gasteiger partial charge is 0.508 e. The van der Waals surface area contributed by atoms with E-state index in [1.165, 1.54) is 12.8 Å². The Labute approximate surface area is 116 Å². The molecule has 2 heteroatoms. The molecule has 0 unspecified atom stereocenters.